The summed E-state index contributed by atoms with van der Waals surface area (Å²) in [6.45, 7) is 3.16. The highest BCUT2D eigenvalue weighted by Gasteiger charge is 2.41. The van der Waals surface area contributed by atoms with Crippen LogP contribution >= 0.6 is 0 Å². The molecule has 2 aliphatic carbocycles. The predicted molar refractivity (Wildman–Crippen MR) is 91.2 cm³/mol. The van der Waals surface area contributed by atoms with E-state index in [1.807, 2.05) is 29.2 Å². The number of urea groups is 1. The van der Waals surface area contributed by atoms with Crippen LogP contribution in [-0.4, -0.2) is 42.3 Å². The summed E-state index contributed by atoms with van der Waals surface area (Å²) in [6, 6.07) is 8.07. The van der Waals surface area contributed by atoms with Crippen LogP contribution in [-0.2, 0) is 4.74 Å². The molecule has 3 fully saturated rings. The van der Waals surface area contributed by atoms with Gasteiger partial charge in [0.2, 0.25) is 0 Å². The number of nitrogens with one attached hydrogen (secondary N) is 1. The van der Waals surface area contributed by atoms with Crippen LogP contribution in [0.25, 0.3) is 0 Å². The van der Waals surface area contributed by atoms with E-state index in [-0.39, 0.29) is 12.1 Å². The van der Waals surface area contributed by atoms with Crippen LogP contribution in [0.15, 0.2) is 24.3 Å². The lowest BCUT2D eigenvalue weighted by Gasteiger charge is -2.29. The van der Waals surface area contributed by atoms with E-state index in [0.29, 0.717) is 31.2 Å². The number of ether oxygens (including phenoxy) is 1. The summed E-state index contributed by atoms with van der Waals surface area (Å²) >= 11 is 0. The van der Waals surface area contributed by atoms with Crippen molar-refractivity contribution in [3.05, 3.63) is 24.3 Å². The SMILES string of the molecule is C[C@H](C1CC1)N(C(=O)Nc1ccc(N2CCOC2=O)cc1)C1CC1. The third-order valence-electron chi connectivity index (χ3n) is 5.11. The van der Waals surface area contributed by atoms with E-state index in [4.69, 9.17) is 4.74 Å². The Hall–Kier alpha value is -2.24. The molecule has 3 aliphatic rings. The Morgan fingerprint density at radius 2 is 1.96 bits per heavy atom. The molecule has 1 aliphatic heterocycles. The van der Waals surface area contributed by atoms with Crippen molar-refractivity contribution in [2.75, 3.05) is 23.4 Å². The van der Waals surface area contributed by atoms with Crippen LogP contribution in [0.4, 0.5) is 21.0 Å². The second-order valence-electron chi connectivity index (χ2n) is 6.96. The second-order valence-corrected chi connectivity index (χ2v) is 6.96. The first kappa shape index (κ1) is 15.3. The molecule has 1 saturated heterocycles. The zero-order valence-electron chi connectivity index (χ0n) is 13.9. The average molecular weight is 329 g/mol. The number of cyclic esters (lactones) is 1. The van der Waals surface area contributed by atoms with Crippen molar-refractivity contribution >= 4 is 23.5 Å². The van der Waals surface area contributed by atoms with Crippen LogP contribution in [0.3, 0.4) is 0 Å². The van der Waals surface area contributed by atoms with Crippen molar-refractivity contribution in [1.82, 2.24) is 4.90 Å². The van der Waals surface area contributed by atoms with E-state index >= 15 is 0 Å². The van der Waals surface area contributed by atoms with Crippen molar-refractivity contribution in [3.8, 4) is 0 Å². The minimum atomic E-state index is -0.315. The van der Waals surface area contributed by atoms with E-state index in [0.717, 1.165) is 24.2 Å². The fraction of sp³-hybridized carbons (Fsp3) is 0.556. The predicted octanol–water partition coefficient (Wildman–Crippen LogP) is 3.44. The number of hydrogen-bond donors (Lipinski definition) is 1. The highest BCUT2D eigenvalue weighted by atomic mass is 16.6. The molecular formula is C18H23N3O3. The number of carbonyl (C=O) groups excluding carboxylic acids is 2. The van der Waals surface area contributed by atoms with Crippen LogP contribution in [0.5, 0.6) is 0 Å². The number of amides is 3. The van der Waals surface area contributed by atoms with Gasteiger partial charge < -0.3 is 15.0 Å². The maximum Gasteiger partial charge on any atom is 0.414 e. The third-order valence-corrected chi connectivity index (χ3v) is 5.11. The van der Waals surface area contributed by atoms with Gasteiger partial charge in [-0.15, -0.1) is 0 Å². The van der Waals surface area contributed by atoms with Gasteiger partial charge >= 0.3 is 12.1 Å². The number of carbonyl (C=O) groups is 2. The minimum Gasteiger partial charge on any atom is -0.447 e. The molecule has 6 heteroatoms. The fourth-order valence-electron chi connectivity index (χ4n) is 3.38. The van der Waals surface area contributed by atoms with Crippen molar-refractivity contribution in [3.63, 3.8) is 0 Å². The molecule has 0 aromatic heterocycles. The van der Waals surface area contributed by atoms with Gasteiger partial charge in [-0.05, 0) is 62.8 Å². The molecule has 1 heterocycles. The van der Waals surface area contributed by atoms with Crippen LogP contribution < -0.4 is 10.2 Å². The third kappa shape index (κ3) is 3.05. The Morgan fingerprint density at radius 1 is 1.25 bits per heavy atom. The highest BCUT2D eigenvalue weighted by molar-refractivity contribution is 5.92. The lowest BCUT2D eigenvalue weighted by Crippen LogP contribution is -2.44. The molecule has 1 aromatic carbocycles. The summed E-state index contributed by atoms with van der Waals surface area (Å²) in [5.74, 6) is 0.667. The molecule has 1 N–H and O–H groups in total. The van der Waals surface area contributed by atoms with Gasteiger partial charge in [0.25, 0.3) is 0 Å². The largest absolute Gasteiger partial charge is 0.447 e. The molecule has 0 unspecified atom stereocenters. The monoisotopic (exact) mass is 329 g/mol. The molecule has 128 valence electrons. The van der Waals surface area contributed by atoms with Gasteiger partial charge in [0.1, 0.15) is 6.61 Å². The summed E-state index contributed by atoms with van der Waals surface area (Å²) in [6.07, 6.45) is 4.38. The van der Waals surface area contributed by atoms with Crippen molar-refractivity contribution in [1.29, 1.82) is 0 Å². The molecule has 0 radical (unpaired) electrons. The van der Waals surface area contributed by atoms with Gasteiger partial charge in [-0.25, -0.2) is 9.59 Å². The summed E-state index contributed by atoms with van der Waals surface area (Å²) in [5.41, 5.74) is 1.55. The molecule has 6 nitrogen and oxygen atoms in total. The Labute approximate surface area is 141 Å². The van der Waals surface area contributed by atoms with Crippen LogP contribution in [0, 0.1) is 5.92 Å². The van der Waals surface area contributed by atoms with E-state index in [2.05, 4.69) is 12.2 Å². The van der Waals surface area contributed by atoms with Gasteiger partial charge in [-0.1, -0.05) is 0 Å². The van der Waals surface area contributed by atoms with Crippen molar-refractivity contribution in [2.45, 2.75) is 44.7 Å². The molecule has 2 saturated carbocycles. The van der Waals surface area contributed by atoms with Gasteiger partial charge in [0.15, 0.2) is 0 Å². The normalized spacial score (nSPS) is 21.4. The van der Waals surface area contributed by atoms with E-state index in [1.165, 1.54) is 12.8 Å². The molecule has 0 bridgehead atoms. The molecule has 1 aromatic rings. The van der Waals surface area contributed by atoms with Gasteiger partial charge in [0.05, 0.1) is 6.54 Å². The molecule has 3 amide bonds. The molecule has 1 atom stereocenters. The van der Waals surface area contributed by atoms with Gasteiger partial charge in [0, 0.05) is 23.5 Å². The summed E-state index contributed by atoms with van der Waals surface area (Å²) in [4.78, 5) is 27.9. The van der Waals surface area contributed by atoms with Crippen molar-refractivity contribution in [2.24, 2.45) is 5.92 Å². The second kappa shape index (κ2) is 6.00. The van der Waals surface area contributed by atoms with E-state index in [9.17, 15) is 9.59 Å². The number of nitrogens with zero attached hydrogens (tertiary/aromatic N) is 2. The summed E-state index contributed by atoms with van der Waals surface area (Å²) in [5, 5.41) is 3.01. The first-order valence-electron chi connectivity index (χ1n) is 8.77. The van der Waals surface area contributed by atoms with Crippen LogP contribution in [0.2, 0.25) is 0 Å². The maximum atomic E-state index is 12.7. The standard InChI is InChI=1S/C18H23N3O3/c1-12(13-2-3-13)21(16-8-9-16)17(22)19-14-4-6-15(7-5-14)20-10-11-24-18(20)23/h4-7,12-13,16H,2-3,8-11H2,1H3,(H,19,22)/t12-/m1/s1. The Kier molecular flexibility index (Phi) is 3.82. The Balaban J connectivity index is 1.42. The Morgan fingerprint density at radius 3 is 2.50 bits per heavy atom. The first-order chi connectivity index (χ1) is 11.6. The van der Waals surface area contributed by atoms with Gasteiger partial charge in [-0.3, -0.25) is 4.90 Å². The van der Waals surface area contributed by atoms with E-state index in [1.54, 1.807) is 4.90 Å². The number of benzene rings is 1. The average Bonchev–Trinajstić information content (AvgIpc) is 3.47. The lowest BCUT2D eigenvalue weighted by atomic mass is 10.2. The topological polar surface area (TPSA) is 61.9 Å². The van der Waals surface area contributed by atoms with Gasteiger partial charge in [-0.2, -0.15) is 0 Å². The highest BCUT2D eigenvalue weighted by Crippen LogP contribution is 2.40. The maximum absolute atomic E-state index is 12.7. The van der Waals surface area contributed by atoms with E-state index < -0.39 is 0 Å². The Bertz CT molecular complexity index is 637. The molecule has 0 spiro atoms. The van der Waals surface area contributed by atoms with Crippen molar-refractivity contribution < 1.29 is 14.3 Å². The number of rotatable bonds is 5. The first-order valence-corrected chi connectivity index (χ1v) is 8.77. The molecular weight excluding hydrogens is 306 g/mol. The zero-order valence-corrected chi connectivity index (χ0v) is 13.9. The number of anilines is 2. The quantitative estimate of drug-likeness (QED) is 0.900. The molecule has 24 heavy (non-hydrogen) atoms. The zero-order chi connectivity index (χ0) is 16.7. The number of hydrogen-bond acceptors (Lipinski definition) is 3. The fourth-order valence-corrected chi connectivity index (χ4v) is 3.38. The summed E-state index contributed by atoms with van der Waals surface area (Å²) in [7, 11) is 0. The summed E-state index contributed by atoms with van der Waals surface area (Å²) < 4.78 is 4.94. The van der Waals surface area contributed by atoms with Crippen LogP contribution in [0.1, 0.15) is 32.6 Å². The lowest BCUT2D eigenvalue weighted by molar-refractivity contribution is 0.179. The molecule has 4 rings (SSSR count). The smallest absolute Gasteiger partial charge is 0.414 e. The minimum absolute atomic E-state index is 0.00904.